The van der Waals surface area contributed by atoms with Gasteiger partial charge < -0.3 is 5.32 Å². The molecule has 0 spiro atoms. The largest absolute Gasteiger partial charge is 0.322 e. The maximum atomic E-state index is 12.1. The van der Waals surface area contributed by atoms with E-state index < -0.39 is 0 Å². The molecule has 2 heterocycles. The van der Waals surface area contributed by atoms with Crippen molar-refractivity contribution >= 4 is 34.1 Å². The number of benzene rings is 1. The summed E-state index contributed by atoms with van der Waals surface area (Å²) in [5.74, 6) is -0.291. The monoisotopic (exact) mass is 272 g/mol. The van der Waals surface area contributed by atoms with Crippen LogP contribution in [0.1, 0.15) is 10.4 Å². The molecule has 2 N–H and O–H groups in total. The number of nitrogens with zero attached hydrogens (tertiary/aromatic N) is 2. The third-order valence-electron chi connectivity index (χ3n) is 2.70. The van der Waals surface area contributed by atoms with Crippen molar-refractivity contribution in [1.82, 2.24) is 15.2 Å². The lowest BCUT2D eigenvalue weighted by molar-refractivity contribution is 0.102. The normalized spacial score (nSPS) is 10.6. The molecule has 6 heteroatoms. The molecule has 0 saturated carbocycles. The molecule has 0 aliphatic rings. The number of rotatable bonds is 2. The van der Waals surface area contributed by atoms with Gasteiger partial charge >= 0.3 is 0 Å². The lowest BCUT2D eigenvalue weighted by Gasteiger charge is -2.06. The fraction of sp³-hybridized carbons (Fsp3) is 0. The highest BCUT2D eigenvalue weighted by Crippen LogP contribution is 2.19. The third kappa shape index (κ3) is 2.28. The molecule has 2 aromatic heterocycles. The first-order chi connectivity index (χ1) is 9.24. The van der Waals surface area contributed by atoms with E-state index >= 15 is 0 Å². The number of aromatic nitrogens is 3. The lowest BCUT2D eigenvalue weighted by Crippen LogP contribution is -2.12. The van der Waals surface area contributed by atoms with E-state index in [-0.39, 0.29) is 11.1 Å². The van der Waals surface area contributed by atoms with Crippen LogP contribution in [0.5, 0.6) is 0 Å². The highest BCUT2D eigenvalue weighted by Gasteiger charge is 2.11. The van der Waals surface area contributed by atoms with Crippen LogP contribution in [-0.4, -0.2) is 21.1 Å². The number of hydrogen-bond donors (Lipinski definition) is 2. The van der Waals surface area contributed by atoms with Crippen LogP contribution >= 0.6 is 11.6 Å². The zero-order chi connectivity index (χ0) is 13.2. The van der Waals surface area contributed by atoms with Gasteiger partial charge in [0.25, 0.3) is 5.91 Å². The van der Waals surface area contributed by atoms with Gasteiger partial charge in [-0.25, -0.2) is 4.98 Å². The molecule has 0 bridgehead atoms. The van der Waals surface area contributed by atoms with E-state index in [2.05, 4.69) is 20.5 Å². The smallest absolute Gasteiger partial charge is 0.258 e. The summed E-state index contributed by atoms with van der Waals surface area (Å²) in [6.07, 6.45) is 3.23. The Kier molecular flexibility index (Phi) is 2.89. The molecule has 0 saturated heterocycles. The number of fused-ring (bicyclic) bond motifs is 1. The van der Waals surface area contributed by atoms with E-state index in [1.165, 1.54) is 6.20 Å². The molecule has 0 radical (unpaired) electrons. The van der Waals surface area contributed by atoms with Crippen molar-refractivity contribution in [3.8, 4) is 0 Å². The summed E-state index contributed by atoms with van der Waals surface area (Å²) >= 11 is 5.88. The van der Waals surface area contributed by atoms with Gasteiger partial charge in [-0.1, -0.05) is 11.6 Å². The second-order valence-corrected chi connectivity index (χ2v) is 4.33. The number of H-pyrrole nitrogens is 1. The minimum atomic E-state index is -0.291. The zero-order valence-electron chi connectivity index (χ0n) is 9.72. The Labute approximate surface area is 113 Å². The molecule has 0 aliphatic carbocycles. The van der Waals surface area contributed by atoms with E-state index in [9.17, 15) is 4.79 Å². The van der Waals surface area contributed by atoms with Gasteiger partial charge in [0.2, 0.25) is 0 Å². The Bertz CT molecular complexity index is 753. The van der Waals surface area contributed by atoms with E-state index in [0.717, 1.165) is 10.9 Å². The van der Waals surface area contributed by atoms with Gasteiger partial charge in [-0.15, -0.1) is 0 Å². The van der Waals surface area contributed by atoms with Crippen LogP contribution in [0.3, 0.4) is 0 Å². The Morgan fingerprint density at radius 2 is 2.21 bits per heavy atom. The number of carbonyl (C=O) groups is 1. The average molecular weight is 273 g/mol. The number of amides is 1. The van der Waals surface area contributed by atoms with Crippen LogP contribution < -0.4 is 5.32 Å². The van der Waals surface area contributed by atoms with Crippen LogP contribution in [0.15, 0.2) is 42.7 Å². The van der Waals surface area contributed by atoms with Crippen molar-refractivity contribution in [1.29, 1.82) is 0 Å². The molecule has 94 valence electrons. The van der Waals surface area contributed by atoms with Crippen LogP contribution in [0.4, 0.5) is 5.69 Å². The molecule has 0 fully saturated rings. The summed E-state index contributed by atoms with van der Waals surface area (Å²) in [6, 6.07) is 8.77. The molecule has 3 aromatic rings. The van der Waals surface area contributed by atoms with E-state index in [1.807, 2.05) is 12.1 Å². The Morgan fingerprint density at radius 1 is 1.32 bits per heavy atom. The Hall–Kier alpha value is -2.40. The zero-order valence-corrected chi connectivity index (χ0v) is 10.5. The number of anilines is 1. The van der Waals surface area contributed by atoms with Crippen LogP contribution in [0, 0.1) is 0 Å². The standard InChI is InChI=1S/C13H9ClN4O/c14-12-10(2-1-5-15-12)13(19)17-9-3-4-11-8(6-9)7-16-18-11/h1-7H,(H,16,18)(H,17,19). The van der Waals surface area contributed by atoms with Gasteiger partial charge in [0.15, 0.2) is 0 Å². The van der Waals surface area contributed by atoms with Crippen molar-refractivity contribution in [2.24, 2.45) is 0 Å². The van der Waals surface area contributed by atoms with Crippen LogP contribution in [-0.2, 0) is 0 Å². The van der Waals surface area contributed by atoms with Gasteiger partial charge in [-0.2, -0.15) is 5.10 Å². The Balaban J connectivity index is 1.88. The first kappa shape index (κ1) is 11.7. The minimum Gasteiger partial charge on any atom is -0.322 e. The highest BCUT2D eigenvalue weighted by atomic mass is 35.5. The van der Waals surface area contributed by atoms with Crippen molar-refractivity contribution in [2.45, 2.75) is 0 Å². The van der Waals surface area contributed by atoms with Gasteiger partial charge in [0, 0.05) is 17.3 Å². The van der Waals surface area contributed by atoms with Crippen molar-refractivity contribution in [2.75, 3.05) is 5.32 Å². The SMILES string of the molecule is O=C(Nc1ccc2[nH]ncc2c1)c1cccnc1Cl. The fourth-order valence-electron chi connectivity index (χ4n) is 1.77. The summed E-state index contributed by atoms with van der Waals surface area (Å²) < 4.78 is 0. The van der Waals surface area contributed by atoms with E-state index in [1.54, 1.807) is 24.4 Å². The van der Waals surface area contributed by atoms with Gasteiger partial charge in [-0.05, 0) is 30.3 Å². The highest BCUT2D eigenvalue weighted by molar-refractivity contribution is 6.33. The fourth-order valence-corrected chi connectivity index (χ4v) is 1.98. The maximum Gasteiger partial charge on any atom is 0.258 e. The second kappa shape index (κ2) is 4.70. The molecule has 5 nitrogen and oxygen atoms in total. The van der Waals surface area contributed by atoms with Gasteiger partial charge in [-0.3, -0.25) is 9.89 Å². The van der Waals surface area contributed by atoms with E-state index in [4.69, 9.17) is 11.6 Å². The third-order valence-corrected chi connectivity index (χ3v) is 3.00. The average Bonchev–Trinajstić information content (AvgIpc) is 2.86. The molecule has 0 aliphatic heterocycles. The molecule has 0 atom stereocenters. The lowest BCUT2D eigenvalue weighted by atomic mass is 10.2. The first-order valence-electron chi connectivity index (χ1n) is 5.59. The molecule has 19 heavy (non-hydrogen) atoms. The number of aromatic amines is 1. The summed E-state index contributed by atoms with van der Waals surface area (Å²) in [5.41, 5.74) is 1.94. The molecule has 0 unspecified atom stereocenters. The van der Waals surface area contributed by atoms with Crippen molar-refractivity contribution < 1.29 is 4.79 Å². The minimum absolute atomic E-state index is 0.185. The maximum absolute atomic E-state index is 12.1. The molecular formula is C13H9ClN4O. The van der Waals surface area contributed by atoms with Gasteiger partial charge in [0.1, 0.15) is 5.15 Å². The number of halogens is 1. The number of carbonyl (C=O) groups excluding carboxylic acids is 1. The Morgan fingerprint density at radius 3 is 3.05 bits per heavy atom. The number of nitrogens with one attached hydrogen (secondary N) is 2. The topological polar surface area (TPSA) is 70.7 Å². The summed E-state index contributed by atoms with van der Waals surface area (Å²) in [6.45, 7) is 0. The molecule has 1 aromatic carbocycles. The van der Waals surface area contributed by atoms with Crippen LogP contribution in [0.2, 0.25) is 5.15 Å². The molecule has 1 amide bonds. The summed E-state index contributed by atoms with van der Waals surface area (Å²) in [7, 11) is 0. The summed E-state index contributed by atoms with van der Waals surface area (Å²) in [4.78, 5) is 15.9. The summed E-state index contributed by atoms with van der Waals surface area (Å²) in [5, 5.41) is 10.7. The predicted molar refractivity (Wildman–Crippen MR) is 73.3 cm³/mol. The number of hydrogen-bond acceptors (Lipinski definition) is 3. The van der Waals surface area contributed by atoms with E-state index in [0.29, 0.717) is 11.3 Å². The first-order valence-corrected chi connectivity index (χ1v) is 5.97. The molecular weight excluding hydrogens is 264 g/mol. The predicted octanol–water partition coefficient (Wildman–Crippen LogP) is 2.86. The molecule has 3 rings (SSSR count). The van der Waals surface area contributed by atoms with Crippen LogP contribution in [0.25, 0.3) is 10.9 Å². The van der Waals surface area contributed by atoms with Crippen molar-refractivity contribution in [3.05, 3.63) is 53.4 Å². The van der Waals surface area contributed by atoms with Crippen molar-refractivity contribution in [3.63, 3.8) is 0 Å². The quantitative estimate of drug-likeness (QED) is 0.705. The number of pyridine rings is 1. The van der Waals surface area contributed by atoms with Gasteiger partial charge in [0.05, 0.1) is 17.3 Å². The second-order valence-electron chi connectivity index (χ2n) is 3.97.